The van der Waals surface area contributed by atoms with E-state index in [1.165, 1.54) is 0 Å². The molecule has 2 aromatic carbocycles. The Morgan fingerprint density at radius 3 is 2.39 bits per heavy atom. The van der Waals surface area contributed by atoms with Gasteiger partial charge in [-0.25, -0.2) is 4.68 Å². The Kier molecular flexibility index (Phi) is 7.38. The fourth-order valence-electron chi connectivity index (χ4n) is 3.22. The molecule has 6 nitrogen and oxygen atoms in total. The molecule has 0 atom stereocenters. The number of amides is 2. The number of nitrogens with one attached hydrogen (secondary N) is 2. The van der Waals surface area contributed by atoms with Gasteiger partial charge in [-0.15, -0.1) is 0 Å². The van der Waals surface area contributed by atoms with Gasteiger partial charge < -0.3 is 10.6 Å². The van der Waals surface area contributed by atoms with Gasteiger partial charge in [0.25, 0.3) is 5.91 Å². The third-order valence-electron chi connectivity index (χ3n) is 4.71. The molecule has 0 saturated heterocycles. The number of carbonyl (C=O) groups is 2. The van der Waals surface area contributed by atoms with Crippen molar-refractivity contribution < 1.29 is 9.59 Å². The predicted molar refractivity (Wildman–Crippen MR) is 123 cm³/mol. The van der Waals surface area contributed by atoms with E-state index in [0.717, 1.165) is 35.4 Å². The molecule has 31 heavy (non-hydrogen) atoms. The Balaban J connectivity index is 1.69. The van der Waals surface area contributed by atoms with Gasteiger partial charge in [0.05, 0.1) is 23.3 Å². The molecule has 0 unspecified atom stereocenters. The van der Waals surface area contributed by atoms with E-state index in [-0.39, 0.29) is 11.8 Å². The summed E-state index contributed by atoms with van der Waals surface area (Å²) < 4.78 is 1.87. The average Bonchev–Trinajstić information content (AvgIpc) is 3.15. The molecule has 1 heterocycles. The normalized spacial score (nSPS) is 10.4. The van der Waals surface area contributed by atoms with Crippen molar-refractivity contribution in [3.8, 4) is 5.69 Å². The molecule has 1 aromatic heterocycles. The van der Waals surface area contributed by atoms with Gasteiger partial charge in [-0.05, 0) is 50.1 Å². The Morgan fingerprint density at radius 2 is 1.74 bits per heavy atom. The number of carbonyl (C=O) groups excluding carboxylic acids is 2. The van der Waals surface area contributed by atoms with Crippen LogP contribution in [0.2, 0.25) is 0 Å². The largest absolute Gasteiger partial charge is 0.348 e. The Labute approximate surface area is 183 Å². The molecule has 2 N–H and O–H groups in total. The molecule has 0 aliphatic carbocycles. The molecular formula is C25H28N4O2. The molecule has 160 valence electrons. The molecule has 3 aromatic rings. The van der Waals surface area contributed by atoms with E-state index in [4.69, 9.17) is 0 Å². The fourth-order valence-corrected chi connectivity index (χ4v) is 3.22. The minimum Gasteiger partial charge on any atom is -0.348 e. The number of anilines is 1. The quantitative estimate of drug-likeness (QED) is 0.525. The zero-order chi connectivity index (χ0) is 22.2. The number of rotatable bonds is 8. The lowest BCUT2D eigenvalue weighted by atomic mass is 10.1. The second-order valence-electron chi connectivity index (χ2n) is 7.59. The number of nitrogens with zero attached hydrogens (tertiary/aromatic N) is 2. The lowest BCUT2D eigenvalue weighted by molar-refractivity contribution is -0.116. The summed E-state index contributed by atoms with van der Waals surface area (Å²) in [6, 6.07) is 17.1. The van der Waals surface area contributed by atoms with Crippen molar-refractivity contribution in [2.45, 2.75) is 40.2 Å². The van der Waals surface area contributed by atoms with Crippen LogP contribution in [0.25, 0.3) is 5.69 Å². The summed E-state index contributed by atoms with van der Waals surface area (Å²) >= 11 is 0. The number of hydrogen-bond donors (Lipinski definition) is 2. The summed E-state index contributed by atoms with van der Waals surface area (Å²) in [5.41, 5.74) is 5.08. The van der Waals surface area contributed by atoms with Crippen LogP contribution in [-0.4, -0.2) is 21.6 Å². The van der Waals surface area contributed by atoms with E-state index in [1.54, 1.807) is 24.4 Å². The first kappa shape index (κ1) is 22.0. The average molecular weight is 417 g/mol. The zero-order valence-corrected chi connectivity index (χ0v) is 18.2. The van der Waals surface area contributed by atoms with E-state index in [0.29, 0.717) is 17.8 Å². The van der Waals surface area contributed by atoms with Gasteiger partial charge >= 0.3 is 0 Å². The Hall–Kier alpha value is -3.67. The van der Waals surface area contributed by atoms with E-state index in [1.807, 2.05) is 61.0 Å². The summed E-state index contributed by atoms with van der Waals surface area (Å²) in [6.07, 6.45) is 5.00. The maximum Gasteiger partial charge on any atom is 0.255 e. The molecule has 2 amide bonds. The molecule has 3 rings (SSSR count). The van der Waals surface area contributed by atoms with E-state index in [2.05, 4.69) is 22.7 Å². The fraction of sp³-hybridized carbons (Fsp3) is 0.240. The van der Waals surface area contributed by atoms with Crippen LogP contribution in [0, 0.1) is 0 Å². The topological polar surface area (TPSA) is 76.0 Å². The lowest BCUT2D eigenvalue weighted by Crippen LogP contribution is -2.20. The van der Waals surface area contributed by atoms with Gasteiger partial charge in [0.1, 0.15) is 0 Å². The van der Waals surface area contributed by atoms with Crippen LogP contribution in [0.3, 0.4) is 0 Å². The van der Waals surface area contributed by atoms with Gasteiger partial charge in [0, 0.05) is 18.2 Å². The third kappa shape index (κ3) is 5.92. The van der Waals surface area contributed by atoms with E-state index < -0.39 is 0 Å². The van der Waals surface area contributed by atoms with Gasteiger partial charge in [-0.1, -0.05) is 49.2 Å². The molecule has 0 aliphatic heterocycles. The molecule has 0 radical (unpaired) electrons. The first-order chi connectivity index (χ1) is 15.0. The molecule has 0 bridgehead atoms. The van der Waals surface area contributed by atoms with Crippen molar-refractivity contribution in [2.24, 2.45) is 0 Å². The van der Waals surface area contributed by atoms with Crippen molar-refractivity contribution >= 4 is 17.5 Å². The summed E-state index contributed by atoms with van der Waals surface area (Å²) in [5.74, 6) is -0.314. The maximum absolute atomic E-state index is 12.8. The van der Waals surface area contributed by atoms with Crippen LogP contribution in [0.15, 0.2) is 72.4 Å². The van der Waals surface area contributed by atoms with Gasteiger partial charge in [-0.2, -0.15) is 5.10 Å². The molecule has 0 aliphatic rings. The third-order valence-corrected chi connectivity index (χ3v) is 4.71. The smallest absolute Gasteiger partial charge is 0.255 e. The highest BCUT2D eigenvalue weighted by Gasteiger charge is 2.15. The molecule has 6 heteroatoms. The van der Waals surface area contributed by atoms with Crippen LogP contribution in [0.4, 0.5) is 5.69 Å². The standard InChI is InChI=1S/C25H28N4O2/c1-4-8-23-22(17-27-29(23)21-9-6-5-7-10-21)28-25(31)20-13-11-19(12-14-20)16-26-24(30)15-18(2)3/h5-7,9-15,17H,4,8,16H2,1-3H3,(H,26,30)(H,28,31). The van der Waals surface area contributed by atoms with Gasteiger partial charge in [0.15, 0.2) is 0 Å². The highest BCUT2D eigenvalue weighted by atomic mass is 16.2. The van der Waals surface area contributed by atoms with E-state index >= 15 is 0 Å². The number of allylic oxidation sites excluding steroid dienone is 1. The van der Waals surface area contributed by atoms with Gasteiger partial charge in [-0.3, -0.25) is 9.59 Å². The number of para-hydroxylation sites is 1. The summed E-state index contributed by atoms with van der Waals surface area (Å²) in [4.78, 5) is 24.5. The van der Waals surface area contributed by atoms with Crippen LogP contribution in [-0.2, 0) is 17.8 Å². The second-order valence-corrected chi connectivity index (χ2v) is 7.59. The van der Waals surface area contributed by atoms with Crippen LogP contribution >= 0.6 is 0 Å². The van der Waals surface area contributed by atoms with Crippen molar-refractivity contribution in [2.75, 3.05) is 5.32 Å². The number of benzene rings is 2. The Bertz CT molecular complexity index is 1060. The highest BCUT2D eigenvalue weighted by molar-refractivity contribution is 6.04. The van der Waals surface area contributed by atoms with Crippen LogP contribution in [0.1, 0.15) is 48.8 Å². The van der Waals surface area contributed by atoms with Crippen molar-refractivity contribution in [3.05, 3.63) is 89.3 Å². The van der Waals surface area contributed by atoms with Crippen LogP contribution < -0.4 is 10.6 Å². The summed E-state index contributed by atoms with van der Waals surface area (Å²) in [5, 5.41) is 10.3. The first-order valence-electron chi connectivity index (χ1n) is 10.4. The molecule has 0 fully saturated rings. The summed E-state index contributed by atoms with van der Waals surface area (Å²) in [7, 11) is 0. The van der Waals surface area contributed by atoms with Crippen molar-refractivity contribution in [1.82, 2.24) is 15.1 Å². The number of hydrogen-bond acceptors (Lipinski definition) is 3. The van der Waals surface area contributed by atoms with Gasteiger partial charge in [0.2, 0.25) is 5.91 Å². The Morgan fingerprint density at radius 1 is 1.03 bits per heavy atom. The van der Waals surface area contributed by atoms with Crippen molar-refractivity contribution in [1.29, 1.82) is 0 Å². The second kappa shape index (κ2) is 10.4. The highest BCUT2D eigenvalue weighted by Crippen LogP contribution is 2.22. The number of aromatic nitrogens is 2. The maximum atomic E-state index is 12.8. The van der Waals surface area contributed by atoms with E-state index in [9.17, 15) is 9.59 Å². The first-order valence-corrected chi connectivity index (χ1v) is 10.4. The SMILES string of the molecule is CCCc1c(NC(=O)c2ccc(CNC(=O)C=C(C)C)cc2)cnn1-c1ccccc1. The molecule has 0 saturated carbocycles. The minimum absolute atomic E-state index is 0.124. The molecular weight excluding hydrogens is 388 g/mol. The predicted octanol–water partition coefficient (Wildman–Crippen LogP) is 4.66. The van der Waals surface area contributed by atoms with Crippen LogP contribution in [0.5, 0.6) is 0 Å². The lowest BCUT2D eigenvalue weighted by Gasteiger charge is -2.10. The van der Waals surface area contributed by atoms with Crippen molar-refractivity contribution in [3.63, 3.8) is 0 Å². The minimum atomic E-state index is -0.190. The summed E-state index contributed by atoms with van der Waals surface area (Å²) in [6.45, 7) is 6.27. The monoisotopic (exact) mass is 416 g/mol. The molecule has 0 spiro atoms. The zero-order valence-electron chi connectivity index (χ0n) is 18.2.